The first-order valence-electron chi connectivity index (χ1n) is 10.6. The summed E-state index contributed by atoms with van der Waals surface area (Å²) >= 11 is 0. The molecule has 34 heavy (non-hydrogen) atoms. The molecule has 0 aliphatic carbocycles. The van der Waals surface area contributed by atoms with Crippen LogP contribution in [0.25, 0.3) is 11.3 Å². The molecule has 0 saturated carbocycles. The fourth-order valence-electron chi connectivity index (χ4n) is 4.33. The number of aromatic nitrogens is 2. The summed E-state index contributed by atoms with van der Waals surface area (Å²) < 4.78 is 10.9. The third-order valence-corrected chi connectivity index (χ3v) is 5.93. The van der Waals surface area contributed by atoms with Crippen LogP contribution in [0, 0.1) is 0 Å². The SMILES string of the molecule is COc1ccc([C@H]2c3c(-c4ccccc4)n[nH]c3C(=O)N2c2ccc(C(=O)O)cc2)cc1OC. The second-order valence-corrected chi connectivity index (χ2v) is 7.77. The van der Waals surface area contributed by atoms with Crippen LogP contribution in [0.4, 0.5) is 5.69 Å². The van der Waals surface area contributed by atoms with Gasteiger partial charge in [0.05, 0.1) is 31.5 Å². The number of carbonyl (C=O) groups excluding carboxylic acids is 1. The van der Waals surface area contributed by atoms with Crippen molar-refractivity contribution in [3.8, 4) is 22.8 Å². The summed E-state index contributed by atoms with van der Waals surface area (Å²) in [5, 5.41) is 16.7. The van der Waals surface area contributed by atoms with Gasteiger partial charge in [-0.2, -0.15) is 5.10 Å². The summed E-state index contributed by atoms with van der Waals surface area (Å²) in [5.74, 6) is -0.181. The highest BCUT2D eigenvalue weighted by Crippen LogP contribution is 2.46. The lowest BCUT2D eigenvalue weighted by Crippen LogP contribution is -2.29. The number of anilines is 1. The summed E-state index contributed by atoms with van der Waals surface area (Å²) in [6, 6.07) is 20.9. The summed E-state index contributed by atoms with van der Waals surface area (Å²) in [6.45, 7) is 0. The van der Waals surface area contributed by atoms with Gasteiger partial charge in [-0.25, -0.2) is 4.79 Å². The number of carbonyl (C=O) groups is 2. The van der Waals surface area contributed by atoms with Gasteiger partial charge < -0.3 is 14.6 Å². The van der Waals surface area contributed by atoms with Gasteiger partial charge in [0.15, 0.2) is 11.5 Å². The monoisotopic (exact) mass is 455 g/mol. The van der Waals surface area contributed by atoms with Crippen molar-refractivity contribution in [3.05, 3.63) is 95.2 Å². The van der Waals surface area contributed by atoms with Crippen molar-refractivity contribution < 1.29 is 24.2 Å². The van der Waals surface area contributed by atoms with E-state index in [-0.39, 0.29) is 11.5 Å². The number of carboxylic acids is 1. The number of nitrogens with zero attached hydrogens (tertiary/aromatic N) is 2. The molecule has 0 unspecified atom stereocenters. The van der Waals surface area contributed by atoms with Crippen molar-refractivity contribution in [1.82, 2.24) is 10.2 Å². The van der Waals surface area contributed by atoms with Crippen molar-refractivity contribution in [1.29, 1.82) is 0 Å². The van der Waals surface area contributed by atoms with E-state index in [1.54, 1.807) is 37.3 Å². The van der Waals surface area contributed by atoms with Gasteiger partial charge in [-0.3, -0.25) is 14.8 Å². The number of fused-ring (bicyclic) bond motifs is 1. The molecule has 1 aliphatic rings. The maximum Gasteiger partial charge on any atom is 0.335 e. The molecule has 0 bridgehead atoms. The number of rotatable bonds is 6. The van der Waals surface area contributed by atoms with Crippen LogP contribution in [0.2, 0.25) is 0 Å². The predicted molar refractivity (Wildman–Crippen MR) is 126 cm³/mol. The van der Waals surface area contributed by atoms with E-state index < -0.39 is 12.0 Å². The van der Waals surface area contributed by atoms with Gasteiger partial charge in [0.1, 0.15) is 5.69 Å². The lowest BCUT2D eigenvalue weighted by molar-refractivity contribution is 0.0696. The summed E-state index contributed by atoms with van der Waals surface area (Å²) in [5.41, 5.74) is 4.19. The Morgan fingerprint density at radius 1 is 0.971 bits per heavy atom. The molecule has 1 aliphatic heterocycles. The van der Waals surface area contributed by atoms with Crippen molar-refractivity contribution in [2.45, 2.75) is 6.04 Å². The van der Waals surface area contributed by atoms with Gasteiger partial charge >= 0.3 is 5.97 Å². The molecule has 3 aromatic carbocycles. The lowest BCUT2D eigenvalue weighted by Gasteiger charge is -2.27. The molecule has 1 atom stereocenters. The molecule has 8 heteroatoms. The van der Waals surface area contributed by atoms with E-state index in [1.807, 2.05) is 42.5 Å². The van der Waals surface area contributed by atoms with Crippen LogP contribution >= 0.6 is 0 Å². The van der Waals surface area contributed by atoms with Gasteiger partial charge in [0.25, 0.3) is 5.91 Å². The Morgan fingerprint density at radius 3 is 2.32 bits per heavy atom. The Hall–Kier alpha value is -4.59. The molecule has 1 aromatic heterocycles. The Kier molecular flexibility index (Phi) is 5.25. The Labute approximate surface area is 195 Å². The first kappa shape index (κ1) is 21.3. The van der Waals surface area contributed by atoms with Crippen molar-refractivity contribution >= 4 is 17.6 Å². The third-order valence-electron chi connectivity index (χ3n) is 5.93. The van der Waals surface area contributed by atoms with Crippen molar-refractivity contribution in [2.24, 2.45) is 0 Å². The number of methoxy groups -OCH3 is 2. The summed E-state index contributed by atoms with van der Waals surface area (Å²) in [4.78, 5) is 26.6. The Bertz CT molecular complexity index is 1380. The zero-order chi connectivity index (χ0) is 23.8. The number of amides is 1. The van der Waals surface area contributed by atoms with Crippen LogP contribution < -0.4 is 14.4 Å². The molecule has 0 saturated heterocycles. The van der Waals surface area contributed by atoms with Crippen molar-refractivity contribution in [3.63, 3.8) is 0 Å². The van der Waals surface area contributed by atoms with Crippen LogP contribution in [0.3, 0.4) is 0 Å². The lowest BCUT2D eigenvalue weighted by atomic mass is 9.95. The van der Waals surface area contributed by atoms with E-state index in [9.17, 15) is 14.7 Å². The molecular weight excluding hydrogens is 434 g/mol. The first-order chi connectivity index (χ1) is 16.5. The minimum Gasteiger partial charge on any atom is -0.493 e. The second-order valence-electron chi connectivity index (χ2n) is 7.77. The molecule has 0 fully saturated rings. The van der Waals surface area contributed by atoms with E-state index >= 15 is 0 Å². The van der Waals surface area contributed by atoms with E-state index in [0.717, 1.165) is 16.7 Å². The number of benzene rings is 3. The largest absolute Gasteiger partial charge is 0.493 e. The fourth-order valence-corrected chi connectivity index (χ4v) is 4.33. The highest BCUT2D eigenvalue weighted by atomic mass is 16.5. The number of nitrogens with one attached hydrogen (secondary N) is 1. The second kappa shape index (κ2) is 8.40. The molecule has 8 nitrogen and oxygen atoms in total. The molecule has 1 amide bonds. The van der Waals surface area contributed by atoms with E-state index in [1.165, 1.54) is 12.1 Å². The van der Waals surface area contributed by atoms with Gasteiger partial charge in [0.2, 0.25) is 0 Å². The number of aromatic carboxylic acids is 1. The van der Waals surface area contributed by atoms with Crippen LogP contribution in [0.15, 0.2) is 72.8 Å². The van der Waals surface area contributed by atoms with Gasteiger partial charge in [0, 0.05) is 16.8 Å². The minimum absolute atomic E-state index is 0.142. The topological polar surface area (TPSA) is 105 Å². The first-order valence-corrected chi connectivity index (χ1v) is 10.6. The zero-order valence-corrected chi connectivity index (χ0v) is 18.5. The standard InChI is InChI=1S/C26H21N3O5/c1-33-19-13-10-17(14-20(19)34-2)24-21-22(15-6-4-3-5-7-15)27-28-23(21)25(30)29(24)18-11-8-16(9-12-18)26(31)32/h3-14,24H,1-2H3,(H,27,28)(H,31,32)/t24-/m0/s1. The van der Waals surface area contributed by atoms with E-state index in [2.05, 4.69) is 10.2 Å². The average Bonchev–Trinajstić information content (AvgIpc) is 3.43. The number of hydrogen-bond donors (Lipinski definition) is 2. The predicted octanol–water partition coefficient (Wildman–Crippen LogP) is 4.54. The smallest absolute Gasteiger partial charge is 0.335 e. The molecule has 2 heterocycles. The third kappa shape index (κ3) is 3.36. The summed E-state index contributed by atoms with van der Waals surface area (Å²) in [7, 11) is 3.12. The molecule has 170 valence electrons. The van der Waals surface area contributed by atoms with Crippen molar-refractivity contribution in [2.75, 3.05) is 19.1 Å². The van der Waals surface area contributed by atoms with E-state index in [4.69, 9.17) is 9.47 Å². The zero-order valence-electron chi connectivity index (χ0n) is 18.5. The molecule has 2 N–H and O–H groups in total. The maximum absolute atomic E-state index is 13.6. The van der Waals surface area contributed by atoms with Gasteiger partial charge in [-0.1, -0.05) is 36.4 Å². The van der Waals surface area contributed by atoms with Crippen LogP contribution in [0.1, 0.15) is 38.0 Å². The quantitative estimate of drug-likeness (QED) is 0.442. The molecular formula is C26H21N3O5. The molecule has 0 radical (unpaired) electrons. The number of H-pyrrole nitrogens is 1. The highest BCUT2D eigenvalue weighted by Gasteiger charge is 2.43. The summed E-state index contributed by atoms with van der Waals surface area (Å²) in [6.07, 6.45) is 0. The van der Waals surface area contributed by atoms with Crippen LogP contribution in [-0.4, -0.2) is 41.4 Å². The average molecular weight is 455 g/mol. The maximum atomic E-state index is 13.6. The van der Waals surface area contributed by atoms with E-state index in [0.29, 0.717) is 28.6 Å². The molecule has 0 spiro atoms. The normalized spacial score (nSPS) is 14.7. The number of aromatic amines is 1. The molecule has 4 aromatic rings. The fraction of sp³-hybridized carbons (Fsp3) is 0.115. The Morgan fingerprint density at radius 2 is 1.68 bits per heavy atom. The Balaban J connectivity index is 1.71. The van der Waals surface area contributed by atoms with Gasteiger partial charge in [-0.05, 0) is 42.0 Å². The van der Waals surface area contributed by atoms with Gasteiger partial charge in [-0.15, -0.1) is 0 Å². The number of carboxylic acid groups (broad SMARTS) is 1. The molecule has 5 rings (SSSR count). The van der Waals surface area contributed by atoms with Crippen LogP contribution in [-0.2, 0) is 0 Å². The minimum atomic E-state index is -1.03. The number of hydrogen-bond acceptors (Lipinski definition) is 5. The van der Waals surface area contributed by atoms with Crippen LogP contribution in [0.5, 0.6) is 11.5 Å². The number of ether oxygens (including phenoxy) is 2. The highest BCUT2D eigenvalue weighted by molar-refractivity contribution is 6.12.